The first kappa shape index (κ1) is 12.8. The predicted molar refractivity (Wildman–Crippen MR) is 69.9 cm³/mol. The molecule has 0 saturated heterocycles. The molecule has 0 amide bonds. The summed E-state index contributed by atoms with van der Waals surface area (Å²) in [4.78, 5) is 0. The number of hydrogen-bond acceptors (Lipinski definition) is 2. The highest BCUT2D eigenvalue weighted by Crippen LogP contribution is 2.40. The molecular weight excluding hydrogens is 285 g/mol. The maximum atomic E-state index is 13.6. The summed E-state index contributed by atoms with van der Waals surface area (Å²) in [5.41, 5.74) is -0.177. The van der Waals surface area contributed by atoms with Crippen LogP contribution in [0.5, 0.6) is 5.75 Å². The third-order valence-corrected chi connectivity index (χ3v) is 3.40. The Bertz CT molecular complexity index is 393. The van der Waals surface area contributed by atoms with Crippen LogP contribution >= 0.6 is 15.9 Å². The third-order valence-electron chi connectivity index (χ3n) is 2.90. The van der Waals surface area contributed by atoms with Gasteiger partial charge in [-0.25, -0.2) is 4.39 Å². The van der Waals surface area contributed by atoms with Crippen LogP contribution in [0.1, 0.15) is 26.2 Å². The highest BCUT2D eigenvalue weighted by molar-refractivity contribution is 9.10. The lowest BCUT2D eigenvalue weighted by atomic mass is 10.3. The summed E-state index contributed by atoms with van der Waals surface area (Å²) in [6, 6.07) is 4.91. The van der Waals surface area contributed by atoms with E-state index in [9.17, 15) is 4.39 Å². The second kappa shape index (κ2) is 5.36. The van der Waals surface area contributed by atoms with E-state index >= 15 is 0 Å². The molecule has 94 valence electrons. The van der Waals surface area contributed by atoms with Crippen LogP contribution in [0.25, 0.3) is 0 Å². The monoisotopic (exact) mass is 301 g/mol. The minimum Gasteiger partial charge on any atom is -0.483 e. The second-order valence-corrected chi connectivity index (χ2v) is 5.45. The van der Waals surface area contributed by atoms with E-state index < -0.39 is 0 Å². The van der Waals surface area contributed by atoms with Gasteiger partial charge in [0.2, 0.25) is 0 Å². The molecule has 2 rings (SSSR count). The molecule has 0 atom stereocenters. The van der Waals surface area contributed by atoms with Gasteiger partial charge in [-0.2, -0.15) is 0 Å². The Labute approximate surface area is 110 Å². The zero-order valence-corrected chi connectivity index (χ0v) is 11.5. The number of hydrogen-bond donors (Lipinski definition) is 1. The van der Waals surface area contributed by atoms with Crippen LogP contribution in [-0.4, -0.2) is 18.7 Å². The van der Waals surface area contributed by atoms with Crippen molar-refractivity contribution in [2.45, 2.75) is 31.8 Å². The second-order valence-electron chi connectivity index (χ2n) is 4.54. The molecule has 1 aliphatic carbocycles. The van der Waals surface area contributed by atoms with Gasteiger partial charge >= 0.3 is 0 Å². The Kier molecular flexibility index (Phi) is 4.05. The quantitative estimate of drug-likeness (QED) is 0.812. The zero-order chi connectivity index (χ0) is 12.3. The largest absolute Gasteiger partial charge is 0.483 e. The normalized spacial score (nSPS) is 16.9. The van der Waals surface area contributed by atoms with Crippen molar-refractivity contribution in [2.24, 2.45) is 0 Å². The van der Waals surface area contributed by atoms with Crippen molar-refractivity contribution < 1.29 is 9.13 Å². The van der Waals surface area contributed by atoms with E-state index in [1.54, 1.807) is 12.1 Å². The molecule has 1 fully saturated rings. The van der Waals surface area contributed by atoms with Crippen molar-refractivity contribution in [3.8, 4) is 5.75 Å². The van der Waals surface area contributed by atoms with Gasteiger partial charge in [0.05, 0.1) is 0 Å². The number of halogens is 2. The fraction of sp³-hybridized carbons (Fsp3) is 0.538. The minimum absolute atomic E-state index is 0.177. The van der Waals surface area contributed by atoms with Gasteiger partial charge in [-0.15, -0.1) is 0 Å². The van der Waals surface area contributed by atoms with E-state index in [0.717, 1.165) is 36.8 Å². The molecule has 0 heterocycles. The van der Waals surface area contributed by atoms with E-state index in [1.807, 2.05) is 0 Å². The average molecular weight is 302 g/mol. The summed E-state index contributed by atoms with van der Waals surface area (Å²) in [6.07, 6.45) is 3.10. The van der Waals surface area contributed by atoms with Crippen molar-refractivity contribution in [2.75, 3.05) is 13.1 Å². The first-order valence-electron chi connectivity index (χ1n) is 6.00. The summed E-state index contributed by atoms with van der Waals surface area (Å²) >= 11 is 3.23. The SMILES string of the molecule is CCCNCC1(Oc2ccc(Br)cc2F)CC1. The van der Waals surface area contributed by atoms with Gasteiger partial charge in [-0.3, -0.25) is 0 Å². The molecule has 0 aromatic heterocycles. The summed E-state index contributed by atoms with van der Waals surface area (Å²) in [5.74, 6) is 0.0464. The Balaban J connectivity index is 1.95. The Morgan fingerprint density at radius 3 is 2.82 bits per heavy atom. The van der Waals surface area contributed by atoms with Crippen molar-refractivity contribution in [1.29, 1.82) is 0 Å². The van der Waals surface area contributed by atoms with Crippen LogP contribution in [0.3, 0.4) is 0 Å². The standard InChI is InChI=1S/C13H17BrFNO/c1-2-7-16-9-13(5-6-13)17-12-4-3-10(14)8-11(12)15/h3-4,8,16H,2,5-7,9H2,1H3. The number of benzene rings is 1. The summed E-state index contributed by atoms with van der Waals surface area (Å²) in [6.45, 7) is 3.91. The Morgan fingerprint density at radius 2 is 2.24 bits per heavy atom. The number of ether oxygens (including phenoxy) is 1. The lowest BCUT2D eigenvalue weighted by Crippen LogP contribution is -2.33. The highest BCUT2D eigenvalue weighted by Gasteiger charge is 2.45. The van der Waals surface area contributed by atoms with Gasteiger partial charge in [0.25, 0.3) is 0 Å². The molecule has 0 aliphatic heterocycles. The predicted octanol–water partition coefficient (Wildman–Crippen LogP) is 3.50. The average Bonchev–Trinajstić information content (AvgIpc) is 3.03. The Morgan fingerprint density at radius 1 is 1.47 bits per heavy atom. The first-order chi connectivity index (χ1) is 8.15. The third kappa shape index (κ3) is 3.42. The molecule has 4 heteroatoms. The summed E-state index contributed by atoms with van der Waals surface area (Å²) in [5, 5.41) is 3.33. The minimum atomic E-state index is -0.304. The van der Waals surface area contributed by atoms with Crippen molar-refractivity contribution in [1.82, 2.24) is 5.32 Å². The Hall–Kier alpha value is -0.610. The molecule has 1 aromatic carbocycles. The van der Waals surface area contributed by atoms with Crippen molar-refractivity contribution in [3.05, 3.63) is 28.5 Å². The van der Waals surface area contributed by atoms with Crippen LogP contribution in [0.4, 0.5) is 4.39 Å². The van der Waals surface area contributed by atoms with Crippen LogP contribution in [0, 0.1) is 5.82 Å². The number of rotatable bonds is 6. The molecule has 17 heavy (non-hydrogen) atoms. The van der Waals surface area contributed by atoms with Gasteiger partial charge in [0.1, 0.15) is 5.60 Å². The molecule has 1 aromatic rings. The maximum absolute atomic E-state index is 13.6. The summed E-state index contributed by atoms with van der Waals surface area (Å²) < 4.78 is 20.1. The molecule has 2 nitrogen and oxygen atoms in total. The maximum Gasteiger partial charge on any atom is 0.166 e. The first-order valence-corrected chi connectivity index (χ1v) is 6.79. The topological polar surface area (TPSA) is 21.3 Å². The molecule has 0 spiro atoms. The van der Waals surface area contributed by atoms with Gasteiger partial charge in [0, 0.05) is 11.0 Å². The van der Waals surface area contributed by atoms with Crippen LogP contribution in [0.2, 0.25) is 0 Å². The fourth-order valence-electron chi connectivity index (χ4n) is 1.74. The lowest BCUT2D eigenvalue weighted by molar-refractivity contribution is 0.168. The summed E-state index contributed by atoms with van der Waals surface area (Å²) in [7, 11) is 0. The molecule has 0 radical (unpaired) electrons. The van der Waals surface area contributed by atoms with E-state index in [2.05, 4.69) is 28.2 Å². The van der Waals surface area contributed by atoms with Gasteiger partial charge < -0.3 is 10.1 Å². The van der Waals surface area contributed by atoms with Crippen molar-refractivity contribution >= 4 is 15.9 Å². The van der Waals surface area contributed by atoms with Crippen LogP contribution in [-0.2, 0) is 0 Å². The molecule has 1 saturated carbocycles. The van der Waals surface area contributed by atoms with Crippen LogP contribution in [0.15, 0.2) is 22.7 Å². The molecule has 1 N–H and O–H groups in total. The number of nitrogens with one attached hydrogen (secondary N) is 1. The smallest absolute Gasteiger partial charge is 0.166 e. The van der Waals surface area contributed by atoms with E-state index in [0.29, 0.717) is 5.75 Å². The van der Waals surface area contributed by atoms with Gasteiger partial charge in [0.15, 0.2) is 11.6 Å². The van der Waals surface area contributed by atoms with Crippen LogP contribution < -0.4 is 10.1 Å². The zero-order valence-electron chi connectivity index (χ0n) is 9.93. The molecule has 0 unspecified atom stereocenters. The van der Waals surface area contributed by atoms with Gasteiger partial charge in [-0.05, 0) is 44.0 Å². The van der Waals surface area contributed by atoms with Crippen molar-refractivity contribution in [3.63, 3.8) is 0 Å². The van der Waals surface area contributed by atoms with E-state index in [4.69, 9.17) is 4.74 Å². The molecule has 1 aliphatic rings. The molecule has 0 bridgehead atoms. The lowest BCUT2D eigenvalue weighted by Gasteiger charge is -2.19. The van der Waals surface area contributed by atoms with E-state index in [1.165, 1.54) is 6.07 Å². The highest BCUT2D eigenvalue weighted by atomic mass is 79.9. The molecular formula is C13H17BrFNO. The fourth-order valence-corrected chi connectivity index (χ4v) is 2.07. The van der Waals surface area contributed by atoms with E-state index in [-0.39, 0.29) is 11.4 Å². The van der Waals surface area contributed by atoms with Gasteiger partial charge in [-0.1, -0.05) is 22.9 Å².